The number of nitrogens with two attached hydrogens (primary N) is 1. The fourth-order valence-corrected chi connectivity index (χ4v) is 3.92. The smallest absolute Gasteiger partial charge is 0.223 e. The van der Waals surface area contributed by atoms with E-state index in [9.17, 15) is 4.79 Å². The number of halogens is 2. The standard InChI is InChI=1S/C17H30N6O.2ClH/c1-2-23-15(13-21-9-3-4-10-21)19-20-17(23)14-6-11-22(12-7-14)16(24)5-8-18;;/h14H,2-13,18H2,1H3;2*1H. The fraction of sp³-hybridized carbons (Fsp3) is 0.824. The van der Waals surface area contributed by atoms with Crippen molar-refractivity contribution in [1.29, 1.82) is 0 Å². The number of carbonyl (C=O) groups is 1. The second-order valence-corrected chi connectivity index (χ2v) is 6.90. The summed E-state index contributed by atoms with van der Waals surface area (Å²) in [6.07, 6.45) is 4.98. The third kappa shape index (κ3) is 5.31. The van der Waals surface area contributed by atoms with Crippen molar-refractivity contribution >= 4 is 30.7 Å². The first-order chi connectivity index (χ1) is 11.7. The van der Waals surface area contributed by atoms with Crippen molar-refractivity contribution in [2.24, 2.45) is 5.73 Å². The van der Waals surface area contributed by atoms with Gasteiger partial charge in [-0.15, -0.1) is 35.0 Å². The maximum Gasteiger partial charge on any atom is 0.223 e. The van der Waals surface area contributed by atoms with Gasteiger partial charge in [-0.25, -0.2) is 0 Å². The molecule has 0 radical (unpaired) electrons. The van der Waals surface area contributed by atoms with E-state index in [2.05, 4.69) is 26.6 Å². The highest BCUT2D eigenvalue weighted by Gasteiger charge is 2.28. The number of hydrogen-bond acceptors (Lipinski definition) is 5. The maximum atomic E-state index is 12.0. The Bertz CT molecular complexity index is 553. The van der Waals surface area contributed by atoms with Crippen molar-refractivity contribution in [2.75, 3.05) is 32.7 Å². The lowest BCUT2D eigenvalue weighted by Gasteiger charge is -2.31. The lowest BCUT2D eigenvalue weighted by atomic mass is 9.95. The fourth-order valence-electron chi connectivity index (χ4n) is 3.92. The molecule has 9 heteroatoms. The van der Waals surface area contributed by atoms with Gasteiger partial charge in [0, 0.05) is 38.5 Å². The molecular formula is C17H32Cl2N6O. The van der Waals surface area contributed by atoms with Crippen LogP contribution >= 0.6 is 24.8 Å². The van der Waals surface area contributed by atoms with E-state index in [0.29, 0.717) is 18.9 Å². The van der Waals surface area contributed by atoms with Crippen LogP contribution < -0.4 is 5.73 Å². The summed E-state index contributed by atoms with van der Waals surface area (Å²) < 4.78 is 2.29. The zero-order valence-corrected chi connectivity index (χ0v) is 17.2. The van der Waals surface area contributed by atoms with Gasteiger partial charge in [-0.05, 0) is 45.7 Å². The summed E-state index contributed by atoms with van der Waals surface area (Å²) in [5.74, 6) is 2.79. The molecule has 2 fully saturated rings. The summed E-state index contributed by atoms with van der Waals surface area (Å²) in [5, 5.41) is 9.01. The molecule has 3 heterocycles. The first kappa shape index (κ1) is 23.1. The molecule has 26 heavy (non-hydrogen) atoms. The van der Waals surface area contributed by atoms with Crippen molar-refractivity contribution in [2.45, 2.75) is 58.0 Å². The number of nitrogens with zero attached hydrogens (tertiary/aromatic N) is 5. The van der Waals surface area contributed by atoms with Crippen molar-refractivity contribution in [3.63, 3.8) is 0 Å². The molecule has 2 saturated heterocycles. The normalized spacial score (nSPS) is 18.5. The van der Waals surface area contributed by atoms with Crippen LogP contribution in [0.15, 0.2) is 0 Å². The zero-order chi connectivity index (χ0) is 16.9. The molecular weight excluding hydrogens is 375 g/mol. The SMILES string of the molecule is CCn1c(CN2CCCC2)nnc1C1CCN(C(=O)CCN)CC1.Cl.Cl. The molecule has 2 aliphatic rings. The van der Waals surface area contributed by atoms with E-state index in [0.717, 1.165) is 50.7 Å². The average molecular weight is 407 g/mol. The Morgan fingerprint density at radius 3 is 2.35 bits per heavy atom. The number of carbonyl (C=O) groups excluding carboxylic acids is 1. The van der Waals surface area contributed by atoms with Gasteiger partial charge in [-0.2, -0.15) is 0 Å². The Kier molecular flexibility index (Phi) is 9.85. The first-order valence-electron chi connectivity index (χ1n) is 9.35. The second kappa shape index (κ2) is 11.1. The molecule has 1 aromatic heterocycles. The van der Waals surface area contributed by atoms with E-state index in [-0.39, 0.29) is 30.7 Å². The Labute approximate surface area is 168 Å². The van der Waals surface area contributed by atoms with E-state index in [1.54, 1.807) is 0 Å². The van der Waals surface area contributed by atoms with Gasteiger partial charge in [0.05, 0.1) is 6.54 Å². The minimum absolute atomic E-state index is 0. The van der Waals surface area contributed by atoms with Crippen LogP contribution in [-0.2, 0) is 17.9 Å². The number of amides is 1. The van der Waals surface area contributed by atoms with Gasteiger partial charge in [0.15, 0.2) is 0 Å². The van der Waals surface area contributed by atoms with Crippen LogP contribution in [0.5, 0.6) is 0 Å². The molecule has 0 aromatic carbocycles. The molecule has 1 amide bonds. The number of aromatic nitrogens is 3. The molecule has 0 bridgehead atoms. The largest absolute Gasteiger partial charge is 0.343 e. The number of piperidine rings is 1. The van der Waals surface area contributed by atoms with Crippen molar-refractivity contribution in [3.05, 3.63) is 11.6 Å². The van der Waals surface area contributed by atoms with Gasteiger partial charge in [0.25, 0.3) is 0 Å². The highest BCUT2D eigenvalue weighted by atomic mass is 35.5. The quantitative estimate of drug-likeness (QED) is 0.778. The van der Waals surface area contributed by atoms with Crippen LogP contribution in [0.2, 0.25) is 0 Å². The minimum Gasteiger partial charge on any atom is -0.343 e. The van der Waals surface area contributed by atoms with E-state index in [1.807, 2.05) is 4.90 Å². The first-order valence-corrected chi connectivity index (χ1v) is 9.35. The van der Waals surface area contributed by atoms with E-state index in [4.69, 9.17) is 5.73 Å². The van der Waals surface area contributed by atoms with Gasteiger partial charge in [0.1, 0.15) is 11.6 Å². The Hall–Kier alpha value is -0.890. The Balaban J connectivity index is 0.00000169. The van der Waals surface area contributed by atoms with Gasteiger partial charge in [0.2, 0.25) is 5.91 Å². The highest BCUT2D eigenvalue weighted by molar-refractivity contribution is 5.85. The molecule has 1 aromatic rings. The minimum atomic E-state index is 0. The van der Waals surface area contributed by atoms with Crippen molar-refractivity contribution < 1.29 is 4.79 Å². The molecule has 0 atom stereocenters. The van der Waals surface area contributed by atoms with Gasteiger partial charge in [-0.1, -0.05) is 0 Å². The van der Waals surface area contributed by atoms with Crippen LogP contribution in [0, 0.1) is 0 Å². The predicted molar refractivity (Wildman–Crippen MR) is 107 cm³/mol. The second-order valence-electron chi connectivity index (χ2n) is 6.90. The summed E-state index contributed by atoms with van der Waals surface area (Å²) in [5.41, 5.74) is 5.49. The maximum absolute atomic E-state index is 12.0. The van der Waals surface area contributed by atoms with E-state index in [1.165, 1.54) is 25.9 Å². The Morgan fingerprint density at radius 2 is 1.77 bits per heavy atom. The number of hydrogen-bond donors (Lipinski definition) is 1. The van der Waals surface area contributed by atoms with Crippen LogP contribution in [0.1, 0.15) is 56.6 Å². The molecule has 0 aliphatic carbocycles. The summed E-state index contributed by atoms with van der Waals surface area (Å²) in [6.45, 7) is 8.39. The molecule has 2 N–H and O–H groups in total. The summed E-state index contributed by atoms with van der Waals surface area (Å²) in [6, 6.07) is 0. The topological polar surface area (TPSA) is 80.3 Å². The van der Waals surface area contributed by atoms with Crippen molar-refractivity contribution in [1.82, 2.24) is 24.6 Å². The average Bonchev–Trinajstić information content (AvgIpc) is 3.25. The van der Waals surface area contributed by atoms with E-state index >= 15 is 0 Å². The number of rotatable bonds is 6. The predicted octanol–water partition coefficient (Wildman–Crippen LogP) is 1.79. The van der Waals surface area contributed by atoms with Crippen molar-refractivity contribution in [3.8, 4) is 0 Å². The third-order valence-corrected chi connectivity index (χ3v) is 5.31. The highest BCUT2D eigenvalue weighted by Crippen LogP contribution is 2.28. The molecule has 0 saturated carbocycles. The van der Waals surface area contributed by atoms with Crippen LogP contribution in [0.4, 0.5) is 0 Å². The van der Waals surface area contributed by atoms with Crippen LogP contribution in [-0.4, -0.2) is 63.2 Å². The molecule has 0 unspecified atom stereocenters. The van der Waals surface area contributed by atoms with E-state index < -0.39 is 0 Å². The molecule has 3 rings (SSSR count). The molecule has 7 nitrogen and oxygen atoms in total. The molecule has 0 spiro atoms. The lowest BCUT2D eigenvalue weighted by Crippen LogP contribution is -2.39. The lowest BCUT2D eigenvalue weighted by molar-refractivity contribution is -0.132. The van der Waals surface area contributed by atoms with Crippen LogP contribution in [0.25, 0.3) is 0 Å². The molecule has 150 valence electrons. The monoisotopic (exact) mass is 406 g/mol. The molecule has 2 aliphatic heterocycles. The van der Waals surface area contributed by atoms with Gasteiger partial charge in [-0.3, -0.25) is 9.69 Å². The summed E-state index contributed by atoms with van der Waals surface area (Å²) in [4.78, 5) is 16.4. The number of likely N-dealkylation sites (tertiary alicyclic amines) is 2. The summed E-state index contributed by atoms with van der Waals surface area (Å²) >= 11 is 0. The van der Waals surface area contributed by atoms with Gasteiger partial charge >= 0.3 is 0 Å². The zero-order valence-electron chi connectivity index (χ0n) is 15.6. The van der Waals surface area contributed by atoms with Gasteiger partial charge < -0.3 is 15.2 Å². The summed E-state index contributed by atoms with van der Waals surface area (Å²) in [7, 11) is 0. The van der Waals surface area contributed by atoms with Crippen LogP contribution in [0.3, 0.4) is 0 Å². The third-order valence-electron chi connectivity index (χ3n) is 5.31. The Morgan fingerprint density at radius 1 is 1.12 bits per heavy atom.